The molecule has 3 aromatic rings. The first-order valence-corrected chi connectivity index (χ1v) is 13.4. The van der Waals surface area contributed by atoms with Crippen molar-refractivity contribution in [2.75, 3.05) is 13.1 Å². The summed E-state index contributed by atoms with van der Waals surface area (Å²) in [5, 5.41) is 9.55. The van der Waals surface area contributed by atoms with Gasteiger partial charge in [0, 0.05) is 55.8 Å². The molecule has 0 bridgehead atoms. The maximum absolute atomic E-state index is 14.2. The SMILES string of the molecule is CC1CCCC1N1CC[C@@H](NC(=O)c2cc(-c3c(F)cc(F)cc3F)on2)[C@H](C(=O)N[C@H](C)c2cnccn2)C1. The monoisotopic (exact) mass is 556 g/mol. The number of carbonyl (C=O) groups excluding carboxylic acids is 2. The number of amides is 2. The van der Waals surface area contributed by atoms with Crippen molar-refractivity contribution >= 4 is 11.8 Å². The van der Waals surface area contributed by atoms with Crippen LogP contribution in [0.3, 0.4) is 0 Å². The average Bonchev–Trinajstić information content (AvgIpc) is 3.58. The van der Waals surface area contributed by atoms with Crippen LogP contribution in [-0.2, 0) is 4.79 Å². The lowest BCUT2D eigenvalue weighted by Crippen LogP contribution is -2.58. The Morgan fingerprint density at radius 3 is 2.55 bits per heavy atom. The summed E-state index contributed by atoms with van der Waals surface area (Å²) in [6.07, 6.45) is 8.59. The van der Waals surface area contributed by atoms with Crippen LogP contribution in [-0.4, -0.2) is 57.0 Å². The average molecular weight is 557 g/mol. The summed E-state index contributed by atoms with van der Waals surface area (Å²) in [5.41, 5.74) is -0.219. The summed E-state index contributed by atoms with van der Waals surface area (Å²) < 4.78 is 46.8. The van der Waals surface area contributed by atoms with Crippen molar-refractivity contribution in [3.05, 3.63) is 65.6 Å². The second kappa shape index (κ2) is 11.7. The number of halogens is 3. The molecule has 1 saturated heterocycles. The van der Waals surface area contributed by atoms with Crippen LogP contribution in [0, 0.1) is 29.3 Å². The van der Waals surface area contributed by atoms with Crippen molar-refractivity contribution in [2.24, 2.45) is 11.8 Å². The van der Waals surface area contributed by atoms with Crippen LogP contribution in [0.2, 0.25) is 0 Å². The number of piperidine rings is 1. The van der Waals surface area contributed by atoms with Crippen molar-refractivity contribution in [1.82, 2.24) is 30.7 Å². The minimum Gasteiger partial charge on any atom is -0.355 e. The van der Waals surface area contributed by atoms with Crippen LogP contribution in [0.15, 0.2) is 41.3 Å². The van der Waals surface area contributed by atoms with E-state index < -0.39 is 46.9 Å². The van der Waals surface area contributed by atoms with E-state index in [1.807, 2.05) is 6.92 Å². The van der Waals surface area contributed by atoms with Gasteiger partial charge in [-0.3, -0.25) is 24.5 Å². The van der Waals surface area contributed by atoms with Crippen LogP contribution in [0.4, 0.5) is 13.2 Å². The minimum absolute atomic E-state index is 0.211. The van der Waals surface area contributed by atoms with E-state index in [0.29, 0.717) is 49.3 Å². The van der Waals surface area contributed by atoms with Gasteiger partial charge >= 0.3 is 0 Å². The van der Waals surface area contributed by atoms with Gasteiger partial charge in [-0.1, -0.05) is 18.5 Å². The van der Waals surface area contributed by atoms with Gasteiger partial charge < -0.3 is 15.2 Å². The molecule has 9 nitrogen and oxygen atoms in total. The zero-order valence-corrected chi connectivity index (χ0v) is 22.2. The van der Waals surface area contributed by atoms with Gasteiger partial charge in [-0.2, -0.15) is 0 Å². The number of likely N-dealkylation sites (tertiary alicyclic amines) is 1. The largest absolute Gasteiger partial charge is 0.355 e. The van der Waals surface area contributed by atoms with Crippen molar-refractivity contribution in [1.29, 1.82) is 0 Å². The minimum atomic E-state index is -1.18. The molecule has 1 aromatic carbocycles. The molecule has 5 rings (SSSR count). The molecule has 0 radical (unpaired) electrons. The topological polar surface area (TPSA) is 113 Å². The quantitative estimate of drug-likeness (QED) is 0.452. The lowest BCUT2D eigenvalue weighted by molar-refractivity contribution is -0.128. The van der Waals surface area contributed by atoms with Crippen molar-refractivity contribution in [2.45, 2.75) is 57.7 Å². The van der Waals surface area contributed by atoms with Crippen LogP contribution in [0.5, 0.6) is 0 Å². The molecule has 0 spiro atoms. The van der Waals surface area contributed by atoms with Crippen molar-refractivity contribution in [3.8, 4) is 11.3 Å². The molecule has 12 heteroatoms. The molecule has 40 heavy (non-hydrogen) atoms. The number of nitrogens with one attached hydrogen (secondary N) is 2. The zero-order valence-electron chi connectivity index (χ0n) is 22.2. The molecular formula is C28H31F3N6O3. The Kier molecular flexibility index (Phi) is 8.15. The van der Waals surface area contributed by atoms with E-state index in [0.717, 1.165) is 25.3 Å². The molecule has 3 heterocycles. The predicted octanol–water partition coefficient (Wildman–Crippen LogP) is 4.04. The van der Waals surface area contributed by atoms with Crippen LogP contribution < -0.4 is 10.6 Å². The molecule has 2 unspecified atom stereocenters. The first kappa shape index (κ1) is 27.8. The van der Waals surface area contributed by atoms with Gasteiger partial charge in [0.15, 0.2) is 11.5 Å². The lowest BCUT2D eigenvalue weighted by atomic mass is 9.88. The van der Waals surface area contributed by atoms with Crippen LogP contribution in [0.25, 0.3) is 11.3 Å². The first-order chi connectivity index (χ1) is 19.2. The van der Waals surface area contributed by atoms with Gasteiger partial charge in [0.2, 0.25) is 5.91 Å². The normalized spacial score (nSPS) is 24.0. The van der Waals surface area contributed by atoms with E-state index >= 15 is 0 Å². The number of benzene rings is 1. The van der Waals surface area contributed by atoms with E-state index in [-0.39, 0.29) is 17.4 Å². The van der Waals surface area contributed by atoms with Crippen molar-refractivity contribution < 1.29 is 27.3 Å². The number of aromatic nitrogens is 3. The summed E-state index contributed by atoms with van der Waals surface area (Å²) in [6, 6.07) is 1.60. The highest BCUT2D eigenvalue weighted by molar-refractivity contribution is 5.94. The lowest BCUT2D eigenvalue weighted by Gasteiger charge is -2.42. The number of hydrogen-bond donors (Lipinski definition) is 2. The highest BCUT2D eigenvalue weighted by Crippen LogP contribution is 2.33. The number of rotatable bonds is 7. The predicted molar refractivity (Wildman–Crippen MR) is 138 cm³/mol. The van der Waals surface area contributed by atoms with E-state index in [1.54, 1.807) is 18.6 Å². The molecular weight excluding hydrogens is 525 g/mol. The molecule has 2 aromatic heterocycles. The summed E-state index contributed by atoms with van der Waals surface area (Å²) in [6.45, 7) is 5.22. The third kappa shape index (κ3) is 5.86. The summed E-state index contributed by atoms with van der Waals surface area (Å²) in [5.74, 6) is -4.70. The van der Waals surface area contributed by atoms with Gasteiger partial charge in [0.1, 0.15) is 17.5 Å². The van der Waals surface area contributed by atoms with E-state index in [1.165, 1.54) is 0 Å². The van der Waals surface area contributed by atoms with Gasteiger partial charge in [0.05, 0.1) is 29.4 Å². The van der Waals surface area contributed by atoms with E-state index in [4.69, 9.17) is 4.52 Å². The smallest absolute Gasteiger partial charge is 0.273 e. The van der Waals surface area contributed by atoms with Crippen molar-refractivity contribution in [3.63, 3.8) is 0 Å². The molecule has 5 atom stereocenters. The molecule has 1 aliphatic heterocycles. The van der Waals surface area contributed by atoms with Gasteiger partial charge in [-0.25, -0.2) is 13.2 Å². The van der Waals surface area contributed by atoms with E-state index in [9.17, 15) is 22.8 Å². The fourth-order valence-electron chi connectivity index (χ4n) is 5.83. The maximum Gasteiger partial charge on any atom is 0.273 e. The Bertz CT molecular complexity index is 1350. The number of nitrogens with zero attached hydrogens (tertiary/aromatic N) is 4. The number of hydrogen-bond acceptors (Lipinski definition) is 7. The molecule has 2 aliphatic rings. The Labute approximate surface area is 229 Å². The fourth-order valence-corrected chi connectivity index (χ4v) is 5.83. The third-order valence-electron chi connectivity index (χ3n) is 7.96. The summed E-state index contributed by atoms with van der Waals surface area (Å²) >= 11 is 0. The molecule has 2 N–H and O–H groups in total. The summed E-state index contributed by atoms with van der Waals surface area (Å²) in [4.78, 5) is 37.4. The van der Waals surface area contributed by atoms with Gasteiger partial charge in [-0.15, -0.1) is 0 Å². The molecule has 212 valence electrons. The second-order valence-corrected chi connectivity index (χ2v) is 10.6. The zero-order chi connectivity index (χ0) is 28.4. The van der Waals surface area contributed by atoms with E-state index in [2.05, 4.69) is 37.6 Å². The second-order valence-electron chi connectivity index (χ2n) is 10.6. The Balaban J connectivity index is 1.33. The van der Waals surface area contributed by atoms with Crippen LogP contribution in [0.1, 0.15) is 61.8 Å². The molecule has 2 amide bonds. The highest BCUT2D eigenvalue weighted by Gasteiger charge is 2.40. The van der Waals surface area contributed by atoms with Crippen LogP contribution >= 0.6 is 0 Å². The summed E-state index contributed by atoms with van der Waals surface area (Å²) in [7, 11) is 0. The Hall–Kier alpha value is -3.80. The standard InChI is InChI=1S/C28H31F3N6O3/c1-15-4-3-5-24(15)37-9-6-21(18(14-37)27(38)34-16(2)23-13-32-7-8-33-23)35-28(39)22-12-25(40-36-22)26-19(30)10-17(29)11-20(26)31/h7-8,10-13,15-16,18,21,24H,3-6,9,14H2,1-2H3,(H,34,38)(H,35,39)/t15?,16-,18-,21-,24?/m1/s1. The Morgan fingerprint density at radius 2 is 1.88 bits per heavy atom. The molecule has 1 saturated carbocycles. The number of carbonyl (C=O) groups is 2. The first-order valence-electron chi connectivity index (χ1n) is 13.4. The third-order valence-corrected chi connectivity index (χ3v) is 7.96. The molecule has 1 aliphatic carbocycles. The highest BCUT2D eigenvalue weighted by atomic mass is 19.1. The molecule has 2 fully saturated rings. The van der Waals surface area contributed by atoms with Gasteiger partial charge in [0.25, 0.3) is 5.91 Å². The maximum atomic E-state index is 14.2. The van der Waals surface area contributed by atoms with Gasteiger partial charge in [-0.05, 0) is 32.1 Å². The fraction of sp³-hybridized carbons (Fsp3) is 0.464. The Morgan fingerprint density at radius 1 is 1.10 bits per heavy atom.